The fourth-order valence-corrected chi connectivity index (χ4v) is 4.02. The largest absolute Gasteiger partial charge is 0.379 e. The molecule has 0 spiro atoms. The quantitative estimate of drug-likeness (QED) is 0.522. The summed E-state index contributed by atoms with van der Waals surface area (Å²) in [7, 11) is 0. The molecule has 0 atom stereocenters. The first-order valence-corrected chi connectivity index (χ1v) is 10.7. The van der Waals surface area contributed by atoms with E-state index in [1.54, 1.807) is 12.1 Å². The number of piperazine rings is 1. The van der Waals surface area contributed by atoms with Gasteiger partial charge >= 0.3 is 0 Å². The highest BCUT2D eigenvalue weighted by Gasteiger charge is 2.22. The topological polar surface area (TPSA) is 102 Å². The minimum atomic E-state index is 0.146. The number of anilines is 1. The van der Waals surface area contributed by atoms with E-state index in [2.05, 4.69) is 27.0 Å². The molecule has 164 valence electrons. The van der Waals surface area contributed by atoms with Crippen LogP contribution < -0.4 is 10.4 Å². The summed E-state index contributed by atoms with van der Waals surface area (Å²) in [5.41, 5.74) is 2.46. The molecule has 9 heteroatoms. The Labute approximate surface area is 181 Å². The summed E-state index contributed by atoms with van der Waals surface area (Å²) in [4.78, 5) is 19.2. The third kappa shape index (κ3) is 5.36. The van der Waals surface area contributed by atoms with Crippen molar-refractivity contribution < 1.29 is 9.53 Å². The maximum absolute atomic E-state index is 12.9. The van der Waals surface area contributed by atoms with Crippen molar-refractivity contribution in [3.05, 3.63) is 53.0 Å². The van der Waals surface area contributed by atoms with Crippen molar-refractivity contribution in [1.82, 2.24) is 19.6 Å². The second kappa shape index (κ2) is 9.84. The maximum Gasteiger partial charge on any atom is 0.227 e. The van der Waals surface area contributed by atoms with Gasteiger partial charge in [-0.2, -0.15) is 0 Å². The van der Waals surface area contributed by atoms with E-state index in [4.69, 9.17) is 15.6 Å². The van der Waals surface area contributed by atoms with Crippen LogP contribution >= 0.6 is 0 Å². The molecule has 31 heavy (non-hydrogen) atoms. The van der Waals surface area contributed by atoms with E-state index in [0.29, 0.717) is 32.6 Å². The highest BCUT2D eigenvalue weighted by Crippen LogP contribution is 2.14. The lowest BCUT2D eigenvalue weighted by molar-refractivity contribution is -0.130. The zero-order chi connectivity index (χ0) is 21.6. The molecule has 0 bridgehead atoms. The molecule has 2 aromatic rings. The molecule has 0 unspecified atom stereocenters. The summed E-state index contributed by atoms with van der Waals surface area (Å²) in [5, 5.41) is 19.4. The van der Waals surface area contributed by atoms with Crippen molar-refractivity contribution in [3.63, 3.8) is 0 Å². The van der Waals surface area contributed by atoms with E-state index in [-0.39, 0.29) is 11.4 Å². The predicted molar refractivity (Wildman–Crippen MR) is 117 cm³/mol. The monoisotopic (exact) mass is 423 g/mol. The van der Waals surface area contributed by atoms with E-state index >= 15 is 0 Å². The summed E-state index contributed by atoms with van der Waals surface area (Å²) in [6, 6.07) is 11.8. The number of amides is 1. The normalized spacial score (nSPS) is 17.5. The first-order chi connectivity index (χ1) is 15.1. The Morgan fingerprint density at radius 3 is 2.52 bits per heavy atom. The number of ether oxygens (including phenoxy) is 1. The number of hydrogen-bond donors (Lipinski definition) is 2. The van der Waals surface area contributed by atoms with Gasteiger partial charge in [-0.3, -0.25) is 20.5 Å². The van der Waals surface area contributed by atoms with Crippen molar-refractivity contribution in [3.8, 4) is 0 Å². The van der Waals surface area contributed by atoms with Crippen LogP contribution in [-0.4, -0.2) is 84.3 Å². The number of nitrogens with zero attached hydrogens (tertiary/aromatic N) is 5. The molecule has 9 nitrogen and oxygen atoms in total. The molecule has 2 aliphatic heterocycles. The number of aromatic nitrogens is 2. The Morgan fingerprint density at radius 2 is 1.77 bits per heavy atom. The van der Waals surface area contributed by atoms with Crippen LogP contribution in [0.25, 0.3) is 0 Å². The molecule has 2 fully saturated rings. The molecule has 0 saturated carbocycles. The van der Waals surface area contributed by atoms with E-state index in [0.717, 1.165) is 50.6 Å². The molecular weight excluding hydrogens is 394 g/mol. The van der Waals surface area contributed by atoms with Gasteiger partial charge in [0.1, 0.15) is 17.6 Å². The lowest BCUT2D eigenvalue weighted by Gasteiger charge is -2.35. The van der Waals surface area contributed by atoms with E-state index in [9.17, 15) is 4.79 Å². The molecule has 1 aromatic carbocycles. The van der Waals surface area contributed by atoms with E-state index < -0.39 is 0 Å². The van der Waals surface area contributed by atoms with Gasteiger partial charge in [-0.15, -0.1) is 5.10 Å². The molecule has 2 aliphatic rings. The first-order valence-electron chi connectivity index (χ1n) is 10.7. The minimum Gasteiger partial charge on any atom is -0.379 e. The van der Waals surface area contributed by atoms with Crippen LogP contribution in [0.3, 0.4) is 0 Å². The summed E-state index contributed by atoms with van der Waals surface area (Å²) in [5.74, 6) is 0.870. The third-order valence-corrected chi connectivity index (χ3v) is 5.78. The van der Waals surface area contributed by atoms with Crippen LogP contribution in [0.5, 0.6) is 0 Å². The van der Waals surface area contributed by atoms with Crippen LogP contribution in [0.1, 0.15) is 11.1 Å². The zero-order valence-corrected chi connectivity index (χ0v) is 17.7. The number of hydrogen-bond acceptors (Lipinski definition) is 7. The van der Waals surface area contributed by atoms with Crippen LogP contribution in [0.15, 0.2) is 36.4 Å². The highest BCUT2D eigenvalue weighted by atomic mass is 16.5. The fraction of sp³-hybridized carbons (Fsp3) is 0.455. The number of benzene rings is 1. The second-order valence-corrected chi connectivity index (χ2v) is 7.90. The summed E-state index contributed by atoms with van der Waals surface area (Å²) >= 11 is 0. The van der Waals surface area contributed by atoms with Gasteiger partial charge in [0.15, 0.2) is 0 Å². The second-order valence-electron chi connectivity index (χ2n) is 7.90. The van der Waals surface area contributed by atoms with Gasteiger partial charge in [-0.1, -0.05) is 24.3 Å². The predicted octanol–water partition coefficient (Wildman–Crippen LogP) is 0.541. The van der Waals surface area contributed by atoms with E-state index in [1.807, 2.05) is 17.0 Å². The van der Waals surface area contributed by atoms with Crippen molar-refractivity contribution in [2.75, 3.05) is 57.4 Å². The summed E-state index contributed by atoms with van der Waals surface area (Å²) < 4.78 is 6.65. The number of nitrogens with one attached hydrogen (secondary N) is 2. The van der Waals surface area contributed by atoms with Crippen molar-refractivity contribution in [2.24, 2.45) is 0 Å². The minimum absolute atomic E-state index is 0.146. The van der Waals surface area contributed by atoms with Crippen molar-refractivity contribution in [2.45, 2.75) is 13.0 Å². The van der Waals surface area contributed by atoms with Crippen molar-refractivity contribution >= 4 is 18.1 Å². The number of carbonyl (C=O) groups excluding carboxylic acids is 1. The zero-order valence-electron chi connectivity index (χ0n) is 17.7. The summed E-state index contributed by atoms with van der Waals surface area (Å²) in [6.45, 7) is 7.02. The Kier molecular flexibility index (Phi) is 6.73. The van der Waals surface area contributed by atoms with Gasteiger partial charge < -0.3 is 14.5 Å². The van der Waals surface area contributed by atoms with Crippen LogP contribution in [0.4, 0.5) is 5.82 Å². The Hall–Kier alpha value is -3.04. The van der Waals surface area contributed by atoms with Gasteiger partial charge in [0.25, 0.3) is 0 Å². The van der Waals surface area contributed by atoms with Gasteiger partial charge in [0.2, 0.25) is 5.91 Å². The van der Waals surface area contributed by atoms with Gasteiger partial charge in [-0.05, 0) is 23.3 Å². The number of morpholine rings is 1. The molecular formula is C22H29N7O2. The SMILES string of the molecule is N=Cn1nc(N2CCN(C(=O)Cc3cccc(CN4CCOCC4)c3)CC2)ccc1=N. The maximum atomic E-state index is 12.9. The van der Waals surface area contributed by atoms with Crippen LogP contribution in [0, 0.1) is 10.8 Å². The number of carbonyl (C=O) groups is 1. The molecule has 3 heterocycles. The average Bonchev–Trinajstić information content (AvgIpc) is 2.80. The average molecular weight is 424 g/mol. The lowest BCUT2D eigenvalue weighted by atomic mass is 10.1. The molecule has 2 N–H and O–H groups in total. The molecule has 4 rings (SSSR count). The molecule has 0 aliphatic carbocycles. The van der Waals surface area contributed by atoms with Gasteiger partial charge in [0, 0.05) is 45.8 Å². The van der Waals surface area contributed by atoms with Crippen LogP contribution in [0.2, 0.25) is 0 Å². The standard InChI is InChI=1S/C22H29N7O2/c23-17-29-20(24)4-5-21(25-29)27-6-8-28(9-7-27)22(30)15-18-2-1-3-19(14-18)16-26-10-12-31-13-11-26/h1-5,14,17,23-24H,6-13,15-16H2. The smallest absolute Gasteiger partial charge is 0.227 e. The van der Waals surface area contributed by atoms with Gasteiger partial charge in [0.05, 0.1) is 19.6 Å². The van der Waals surface area contributed by atoms with Crippen LogP contribution in [-0.2, 0) is 22.5 Å². The highest BCUT2D eigenvalue weighted by molar-refractivity contribution is 5.79. The summed E-state index contributed by atoms with van der Waals surface area (Å²) in [6.07, 6.45) is 1.44. The fourth-order valence-electron chi connectivity index (χ4n) is 4.02. The molecule has 2 saturated heterocycles. The van der Waals surface area contributed by atoms with E-state index in [1.165, 1.54) is 10.2 Å². The lowest BCUT2D eigenvalue weighted by Crippen LogP contribution is -2.49. The Balaban J connectivity index is 1.31. The Bertz CT molecular complexity index is 976. The first kappa shape index (κ1) is 21.2. The molecule has 0 radical (unpaired) electrons. The van der Waals surface area contributed by atoms with Gasteiger partial charge in [-0.25, -0.2) is 4.68 Å². The third-order valence-electron chi connectivity index (χ3n) is 5.78. The Morgan fingerprint density at radius 1 is 1.03 bits per heavy atom. The number of rotatable bonds is 6. The molecule has 1 aromatic heterocycles. The molecule has 1 amide bonds. The van der Waals surface area contributed by atoms with Crippen molar-refractivity contribution in [1.29, 1.82) is 10.8 Å².